The van der Waals surface area contributed by atoms with Crippen LogP contribution in [0.25, 0.3) is 0 Å². The lowest BCUT2D eigenvalue weighted by Crippen LogP contribution is -2.32. The molecule has 1 atom stereocenters. The van der Waals surface area contributed by atoms with Crippen molar-refractivity contribution in [1.82, 2.24) is 9.88 Å². The van der Waals surface area contributed by atoms with E-state index in [9.17, 15) is 9.59 Å². The Bertz CT molecular complexity index is 767. The van der Waals surface area contributed by atoms with Crippen molar-refractivity contribution in [2.45, 2.75) is 38.6 Å². The third-order valence-corrected chi connectivity index (χ3v) is 5.82. The van der Waals surface area contributed by atoms with Gasteiger partial charge in [-0.15, -0.1) is 11.3 Å². The maximum absolute atomic E-state index is 12.8. The molecular formula is C18H21N3O2S. The zero-order valence-corrected chi connectivity index (χ0v) is 14.7. The monoisotopic (exact) mass is 343 g/mol. The minimum Gasteiger partial charge on any atom is -0.366 e. The summed E-state index contributed by atoms with van der Waals surface area (Å²) in [4.78, 5) is 31.7. The molecule has 3 rings (SSSR count). The first-order valence-electron chi connectivity index (χ1n) is 8.16. The van der Waals surface area contributed by atoms with Crippen LogP contribution in [0.15, 0.2) is 24.3 Å². The summed E-state index contributed by atoms with van der Waals surface area (Å²) in [6.07, 6.45) is 3.93. The molecule has 2 N–H and O–H groups in total. The number of nitrogens with two attached hydrogens (primary N) is 1. The van der Waals surface area contributed by atoms with E-state index in [4.69, 9.17) is 10.7 Å². The Morgan fingerprint density at radius 3 is 2.58 bits per heavy atom. The van der Waals surface area contributed by atoms with Crippen molar-refractivity contribution in [1.29, 1.82) is 0 Å². The highest BCUT2D eigenvalue weighted by Crippen LogP contribution is 2.38. The average molecular weight is 343 g/mol. The third-order valence-electron chi connectivity index (χ3n) is 4.47. The van der Waals surface area contributed by atoms with Gasteiger partial charge in [0.2, 0.25) is 5.91 Å². The van der Waals surface area contributed by atoms with E-state index in [1.54, 1.807) is 40.5 Å². The maximum Gasteiger partial charge on any atom is 0.254 e. The summed E-state index contributed by atoms with van der Waals surface area (Å²) >= 11 is 1.72. The second-order valence-electron chi connectivity index (χ2n) is 6.04. The van der Waals surface area contributed by atoms with Gasteiger partial charge in [-0.1, -0.05) is 6.92 Å². The highest BCUT2D eigenvalue weighted by atomic mass is 32.1. The number of fused-ring (bicyclic) bond motifs is 1. The molecule has 1 aliphatic rings. The van der Waals surface area contributed by atoms with Crippen LogP contribution >= 0.6 is 11.3 Å². The first-order valence-corrected chi connectivity index (χ1v) is 8.98. The minimum absolute atomic E-state index is 0.0460. The summed E-state index contributed by atoms with van der Waals surface area (Å²) < 4.78 is 0. The molecule has 24 heavy (non-hydrogen) atoms. The predicted octanol–water partition coefficient (Wildman–Crippen LogP) is 2.95. The Kier molecular flexibility index (Phi) is 4.66. The number of rotatable bonds is 4. The number of thiazole rings is 1. The number of aromatic nitrogens is 1. The molecule has 0 spiro atoms. The van der Waals surface area contributed by atoms with Crippen LogP contribution in [-0.2, 0) is 12.8 Å². The molecule has 1 heterocycles. The zero-order valence-electron chi connectivity index (χ0n) is 13.9. The second-order valence-corrected chi connectivity index (χ2v) is 7.15. The number of amides is 2. The van der Waals surface area contributed by atoms with Gasteiger partial charge in [-0.25, -0.2) is 4.98 Å². The lowest BCUT2D eigenvalue weighted by molar-refractivity contribution is 0.0717. The Balaban J connectivity index is 1.84. The van der Waals surface area contributed by atoms with Crippen LogP contribution in [0, 0.1) is 0 Å². The number of hydrogen-bond donors (Lipinski definition) is 1. The summed E-state index contributed by atoms with van der Waals surface area (Å²) in [6.45, 7) is 2.11. The lowest BCUT2D eigenvalue weighted by Gasteiger charge is -2.30. The summed E-state index contributed by atoms with van der Waals surface area (Å²) in [5, 5.41) is 1.14. The van der Waals surface area contributed by atoms with E-state index in [0.29, 0.717) is 11.1 Å². The fourth-order valence-electron chi connectivity index (χ4n) is 3.09. The van der Waals surface area contributed by atoms with E-state index in [1.165, 1.54) is 4.88 Å². The van der Waals surface area contributed by atoms with Crippen LogP contribution in [0.2, 0.25) is 0 Å². The predicted molar refractivity (Wildman–Crippen MR) is 94.2 cm³/mol. The molecule has 1 aromatic heterocycles. The van der Waals surface area contributed by atoms with Crippen molar-refractivity contribution in [2.75, 3.05) is 7.05 Å². The number of nitrogens with zero attached hydrogens (tertiary/aromatic N) is 2. The Hall–Kier alpha value is -2.21. The highest BCUT2D eigenvalue weighted by Gasteiger charge is 2.30. The Morgan fingerprint density at radius 2 is 1.96 bits per heavy atom. The van der Waals surface area contributed by atoms with E-state index in [1.807, 2.05) is 7.05 Å². The summed E-state index contributed by atoms with van der Waals surface area (Å²) in [5.74, 6) is -0.536. The lowest BCUT2D eigenvalue weighted by atomic mass is 9.96. The van der Waals surface area contributed by atoms with Gasteiger partial charge in [-0.2, -0.15) is 0 Å². The number of hydrogen-bond acceptors (Lipinski definition) is 4. The summed E-state index contributed by atoms with van der Waals surface area (Å²) in [5.41, 5.74) is 7.37. The van der Waals surface area contributed by atoms with Gasteiger partial charge in [-0.3, -0.25) is 9.59 Å². The quantitative estimate of drug-likeness (QED) is 0.927. The van der Waals surface area contributed by atoms with Crippen LogP contribution in [0.5, 0.6) is 0 Å². The van der Waals surface area contributed by atoms with Crippen molar-refractivity contribution < 1.29 is 9.59 Å². The Labute approximate surface area is 145 Å². The van der Waals surface area contributed by atoms with Crippen molar-refractivity contribution >= 4 is 23.2 Å². The standard InChI is InChI=1S/C18H21N3O2S/c1-3-15-20-13-5-4-6-14(16(13)24-15)21(2)18(23)12-9-7-11(8-10-12)17(19)22/h7-10,14H,3-6H2,1-2H3,(H2,19,22)/t14-/m0/s1. The van der Waals surface area contributed by atoms with Gasteiger partial charge in [0.15, 0.2) is 0 Å². The van der Waals surface area contributed by atoms with Crippen molar-refractivity contribution in [3.8, 4) is 0 Å². The van der Waals surface area contributed by atoms with E-state index < -0.39 is 5.91 Å². The fraction of sp³-hybridized carbons (Fsp3) is 0.389. The molecule has 0 saturated heterocycles. The van der Waals surface area contributed by atoms with Gasteiger partial charge >= 0.3 is 0 Å². The molecule has 6 heteroatoms. The molecule has 0 aliphatic heterocycles. The molecule has 2 aromatic rings. The average Bonchev–Trinajstić information content (AvgIpc) is 3.03. The van der Waals surface area contributed by atoms with Gasteiger partial charge in [0.05, 0.1) is 21.6 Å². The van der Waals surface area contributed by atoms with Crippen molar-refractivity contribution in [2.24, 2.45) is 5.73 Å². The number of carbonyl (C=O) groups is 2. The van der Waals surface area contributed by atoms with Gasteiger partial charge in [0, 0.05) is 18.2 Å². The molecule has 1 aromatic carbocycles. The van der Waals surface area contributed by atoms with Gasteiger partial charge in [0.1, 0.15) is 0 Å². The van der Waals surface area contributed by atoms with Crippen LogP contribution in [-0.4, -0.2) is 28.7 Å². The molecule has 5 nitrogen and oxygen atoms in total. The topological polar surface area (TPSA) is 76.3 Å². The number of carbonyl (C=O) groups excluding carboxylic acids is 2. The van der Waals surface area contributed by atoms with E-state index in [0.717, 1.165) is 36.4 Å². The van der Waals surface area contributed by atoms with Crippen molar-refractivity contribution in [3.63, 3.8) is 0 Å². The zero-order chi connectivity index (χ0) is 17.3. The Morgan fingerprint density at radius 1 is 1.29 bits per heavy atom. The molecule has 0 saturated carbocycles. The molecule has 0 radical (unpaired) electrons. The molecule has 0 fully saturated rings. The van der Waals surface area contributed by atoms with Gasteiger partial charge < -0.3 is 10.6 Å². The summed E-state index contributed by atoms with van der Waals surface area (Å²) in [7, 11) is 1.84. The van der Waals surface area contributed by atoms with Crippen molar-refractivity contribution in [3.05, 3.63) is 51.0 Å². The van der Waals surface area contributed by atoms with E-state index in [-0.39, 0.29) is 11.9 Å². The number of primary amides is 1. The molecule has 1 aliphatic carbocycles. The van der Waals surface area contributed by atoms with Crippen LogP contribution in [0.4, 0.5) is 0 Å². The number of benzene rings is 1. The van der Waals surface area contributed by atoms with Crippen LogP contribution in [0.1, 0.15) is 62.1 Å². The third kappa shape index (κ3) is 3.06. The SMILES string of the molecule is CCc1nc2c(s1)[C@@H](N(C)C(=O)c1ccc(C(N)=O)cc1)CCC2. The largest absolute Gasteiger partial charge is 0.366 e. The highest BCUT2D eigenvalue weighted by molar-refractivity contribution is 7.11. The van der Waals surface area contributed by atoms with E-state index >= 15 is 0 Å². The first-order chi connectivity index (χ1) is 11.5. The molecule has 0 bridgehead atoms. The summed E-state index contributed by atoms with van der Waals surface area (Å²) in [6, 6.07) is 6.59. The molecule has 2 amide bonds. The second kappa shape index (κ2) is 6.73. The number of aryl methyl sites for hydroxylation is 2. The molecule has 0 unspecified atom stereocenters. The fourth-order valence-corrected chi connectivity index (χ4v) is 4.32. The van der Waals surface area contributed by atoms with E-state index in [2.05, 4.69) is 6.92 Å². The molecule has 126 valence electrons. The first kappa shape index (κ1) is 16.6. The van der Waals surface area contributed by atoms with Crippen LogP contribution in [0.3, 0.4) is 0 Å². The minimum atomic E-state index is -0.490. The van der Waals surface area contributed by atoms with Crippen LogP contribution < -0.4 is 5.73 Å². The maximum atomic E-state index is 12.8. The van der Waals surface area contributed by atoms with Gasteiger partial charge in [-0.05, 0) is 49.9 Å². The normalized spacial score (nSPS) is 16.5. The molecular weight excluding hydrogens is 322 g/mol. The van der Waals surface area contributed by atoms with Gasteiger partial charge in [0.25, 0.3) is 5.91 Å². The smallest absolute Gasteiger partial charge is 0.254 e.